The van der Waals surface area contributed by atoms with E-state index in [9.17, 15) is 29.1 Å². The van der Waals surface area contributed by atoms with E-state index < -0.39 is 53.8 Å². The largest absolute Gasteiger partial charge is 0.480 e. The van der Waals surface area contributed by atoms with Crippen LogP contribution in [-0.2, 0) is 24.0 Å². The molecule has 1 heterocycles. The summed E-state index contributed by atoms with van der Waals surface area (Å²) in [5.74, 6) is -3.56. The third-order valence-electron chi connectivity index (χ3n) is 5.43. The van der Waals surface area contributed by atoms with Gasteiger partial charge in [-0.25, -0.2) is 4.79 Å². The van der Waals surface area contributed by atoms with E-state index in [1.807, 2.05) is 13.8 Å². The lowest BCUT2D eigenvalue weighted by atomic mass is 10.0. The highest BCUT2D eigenvalue weighted by Crippen LogP contribution is 2.20. The first-order valence-corrected chi connectivity index (χ1v) is 11.0. The van der Waals surface area contributed by atoms with Crippen molar-refractivity contribution in [2.75, 3.05) is 6.54 Å². The Balaban J connectivity index is 2.98. The van der Waals surface area contributed by atoms with Gasteiger partial charge in [0.2, 0.25) is 23.6 Å². The lowest BCUT2D eigenvalue weighted by Crippen LogP contribution is -2.57. The molecule has 1 aliphatic rings. The van der Waals surface area contributed by atoms with Crippen LogP contribution in [0.3, 0.4) is 0 Å². The lowest BCUT2D eigenvalue weighted by Gasteiger charge is -2.30. The van der Waals surface area contributed by atoms with Crippen LogP contribution in [0.2, 0.25) is 0 Å². The molecule has 4 amide bonds. The number of hydrogen-bond acceptors (Lipinski definition) is 6. The van der Waals surface area contributed by atoms with Crippen LogP contribution in [0.15, 0.2) is 0 Å². The third kappa shape index (κ3) is 8.10. The molecule has 4 unspecified atom stereocenters. The van der Waals surface area contributed by atoms with E-state index in [4.69, 9.17) is 11.5 Å². The first-order valence-electron chi connectivity index (χ1n) is 11.0. The van der Waals surface area contributed by atoms with Crippen molar-refractivity contribution < 1.29 is 29.1 Å². The zero-order chi connectivity index (χ0) is 24.6. The van der Waals surface area contributed by atoms with Crippen molar-refractivity contribution in [1.82, 2.24) is 15.5 Å². The Labute approximate surface area is 188 Å². The SMILES string of the molecule is CC(C)CC(N)C(=O)NC(CCC(N)=O)C(=O)N1CCCC1C(=O)NC(C(=O)O)C(C)C. The summed E-state index contributed by atoms with van der Waals surface area (Å²) < 4.78 is 0. The number of rotatable bonds is 12. The maximum Gasteiger partial charge on any atom is 0.326 e. The van der Waals surface area contributed by atoms with Crippen LogP contribution in [0.4, 0.5) is 0 Å². The molecule has 0 radical (unpaired) electrons. The molecule has 0 aliphatic carbocycles. The first-order chi connectivity index (χ1) is 14.8. The molecule has 1 saturated heterocycles. The highest BCUT2D eigenvalue weighted by molar-refractivity contribution is 5.94. The number of amides is 4. The van der Waals surface area contributed by atoms with Gasteiger partial charge in [0.25, 0.3) is 0 Å². The molecule has 0 spiro atoms. The van der Waals surface area contributed by atoms with E-state index in [1.54, 1.807) is 13.8 Å². The van der Waals surface area contributed by atoms with Gasteiger partial charge in [0.05, 0.1) is 6.04 Å². The molecule has 11 heteroatoms. The smallest absolute Gasteiger partial charge is 0.326 e. The average molecular weight is 456 g/mol. The first kappa shape index (κ1) is 27.3. The summed E-state index contributed by atoms with van der Waals surface area (Å²) in [7, 11) is 0. The van der Waals surface area contributed by atoms with Gasteiger partial charge in [0.15, 0.2) is 0 Å². The van der Waals surface area contributed by atoms with Crippen LogP contribution in [0.1, 0.15) is 59.8 Å². The summed E-state index contributed by atoms with van der Waals surface area (Å²) >= 11 is 0. The topological polar surface area (TPSA) is 185 Å². The summed E-state index contributed by atoms with van der Waals surface area (Å²) in [4.78, 5) is 62.5. The molecule has 1 rings (SSSR count). The monoisotopic (exact) mass is 455 g/mol. The van der Waals surface area contributed by atoms with E-state index in [0.717, 1.165) is 0 Å². The lowest BCUT2D eigenvalue weighted by molar-refractivity contribution is -0.145. The van der Waals surface area contributed by atoms with E-state index in [2.05, 4.69) is 10.6 Å². The molecular formula is C21H37N5O6. The minimum Gasteiger partial charge on any atom is -0.480 e. The van der Waals surface area contributed by atoms with Crippen LogP contribution in [0, 0.1) is 11.8 Å². The number of carbonyl (C=O) groups is 5. The molecule has 0 aromatic carbocycles. The highest BCUT2D eigenvalue weighted by atomic mass is 16.4. The van der Waals surface area contributed by atoms with Crippen LogP contribution in [-0.4, -0.2) is 70.3 Å². The van der Waals surface area contributed by atoms with Crippen LogP contribution in [0.5, 0.6) is 0 Å². The predicted molar refractivity (Wildman–Crippen MR) is 117 cm³/mol. The Morgan fingerprint density at radius 2 is 1.72 bits per heavy atom. The molecule has 0 bridgehead atoms. The number of nitrogens with zero attached hydrogens (tertiary/aromatic N) is 1. The molecule has 182 valence electrons. The Bertz CT molecular complexity index is 711. The summed E-state index contributed by atoms with van der Waals surface area (Å²) in [5.41, 5.74) is 11.1. The van der Waals surface area contributed by atoms with Crippen molar-refractivity contribution in [3.05, 3.63) is 0 Å². The fourth-order valence-corrected chi connectivity index (χ4v) is 3.70. The van der Waals surface area contributed by atoms with E-state index in [-0.39, 0.29) is 31.2 Å². The maximum atomic E-state index is 13.2. The Hall–Kier alpha value is -2.69. The van der Waals surface area contributed by atoms with Crippen molar-refractivity contribution in [3.63, 3.8) is 0 Å². The Morgan fingerprint density at radius 1 is 1.09 bits per heavy atom. The zero-order valence-electron chi connectivity index (χ0n) is 19.3. The molecule has 0 aromatic heterocycles. The highest BCUT2D eigenvalue weighted by Gasteiger charge is 2.39. The fraction of sp³-hybridized carbons (Fsp3) is 0.762. The van der Waals surface area contributed by atoms with E-state index >= 15 is 0 Å². The summed E-state index contributed by atoms with van der Waals surface area (Å²) in [6.07, 6.45) is 1.18. The van der Waals surface area contributed by atoms with Crippen LogP contribution in [0.25, 0.3) is 0 Å². The van der Waals surface area contributed by atoms with Crippen LogP contribution >= 0.6 is 0 Å². The molecule has 4 atom stereocenters. The summed E-state index contributed by atoms with van der Waals surface area (Å²) in [6.45, 7) is 7.45. The van der Waals surface area contributed by atoms with Gasteiger partial charge in [-0.2, -0.15) is 0 Å². The van der Waals surface area contributed by atoms with Gasteiger partial charge in [-0.05, 0) is 37.5 Å². The number of likely N-dealkylation sites (tertiary alicyclic amines) is 1. The van der Waals surface area contributed by atoms with Gasteiger partial charge in [0, 0.05) is 13.0 Å². The number of carbonyl (C=O) groups excluding carboxylic acids is 4. The Kier molecular flexibility index (Phi) is 10.6. The fourth-order valence-electron chi connectivity index (χ4n) is 3.70. The predicted octanol–water partition coefficient (Wildman–Crippen LogP) is -0.673. The quantitative estimate of drug-likeness (QED) is 0.258. The zero-order valence-corrected chi connectivity index (χ0v) is 19.3. The van der Waals surface area contributed by atoms with E-state index in [1.165, 1.54) is 4.90 Å². The number of hydrogen-bond donors (Lipinski definition) is 5. The molecule has 7 N–H and O–H groups in total. The average Bonchev–Trinajstić information content (AvgIpc) is 3.17. The molecular weight excluding hydrogens is 418 g/mol. The van der Waals surface area contributed by atoms with Gasteiger partial charge in [-0.1, -0.05) is 27.7 Å². The number of carboxylic acids is 1. The molecule has 0 aromatic rings. The van der Waals surface area contributed by atoms with Crippen LogP contribution < -0.4 is 22.1 Å². The molecule has 1 fully saturated rings. The van der Waals surface area contributed by atoms with Crippen molar-refractivity contribution in [2.24, 2.45) is 23.3 Å². The van der Waals surface area contributed by atoms with Gasteiger partial charge in [0.1, 0.15) is 18.1 Å². The number of nitrogens with one attached hydrogen (secondary N) is 2. The maximum absolute atomic E-state index is 13.2. The van der Waals surface area contributed by atoms with Gasteiger partial charge in [-0.15, -0.1) is 0 Å². The van der Waals surface area contributed by atoms with Crippen molar-refractivity contribution in [1.29, 1.82) is 0 Å². The number of aliphatic carboxylic acids is 1. The van der Waals surface area contributed by atoms with Gasteiger partial charge in [-0.3, -0.25) is 19.2 Å². The van der Waals surface area contributed by atoms with Gasteiger partial charge < -0.3 is 32.1 Å². The minimum absolute atomic E-state index is 0.0249. The normalized spacial score (nSPS) is 18.8. The molecule has 1 aliphatic heterocycles. The van der Waals surface area contributed by atoms with Crippen molar-refractivity contribution in [3.8, 4) is 0 Å². The number of carboxylic acid groups (broad SMARTS) is 1. The Morgan fingerprint density at radius 3 is 2.22 bits per heavy atom. The summed E-state index contributed by atoms with van der Waals surface area (Å²) in [5, 5.41) is 14.4. The molecule has 11 nitrogen and oxygen atoms in total. The minimum atomic E-state index is -1.16. The van der Waals surface area contributed by atoms with Crippen molar-refractivity contribution in [2.45, 2.75) is 84.0 Å². The second-order valence-electron chi connectivity index (χ2n) is 9.06. The van der Waals surface area contributed by atoms with Gasteiger partial charge >= 0.3 is 5.97 Å². The standard InChI is InChI=1S/C21H37N5O6/c1-11(2)10-13(22)18(28)24-14(7-8-16(23)27)20(30)26-9-5-6-15(26)19(29)25-17(12(3)4)21(31)32/h11-15,17H,5-10,22H2,1-4H3,(H2,23,27)(H,24,28)(H,25,29)(H,31,32). The third-order valence-corrected chi connectivity index (χ3v) is 5.43. The number of nitrogens with two attached hydrogens (primary N) is 2. The number of primary amides is 1. The summed E-state index contributed by atoms with van der Waals surface area (Å²) in [6, 6.07) is -3.83. The molecule has 32 heavy (non-hydrogen) atoms. The second kappa shape index (κ2) is 12.4. The van der Waals surface area contributed by atoms with Crippen molar-refractivity contribution >= 4 is 29.6 Å². The van der Waals surface area contributed by atoms with E-state index in [0.29, 0.717) is 19.3 Å². The second-order valence-corrected chi connectivity index (χ2v) is 9.06. The molecule has 0 saturated carbocycles.